The van der Waals surface area contributed by atoms with E-state index in [9.17, 15) is 0 Å². The van der Waals surface area contributed by atoms with Crippen LogP contribution in [0.15, 0.2) is 24.3 Å². The van der Waals surface area contributed by atoms with Crippen molar-refractivity contribution in [2.24, 2.45) is 0 Å². The minimum atomic E-state index is 0.0772. The standard InChI is InChI=1S/C18H29NO2/c1-14-7-5-8-15(11-14)17(12-19-18(2,3)4)21-13-16-9-6-10-20-16/h5,7-8,11,16-17,19H,6,9-10,12-13H2,1-4H3. The third-order valence-corrected chi connectivity index (χ3v) is 3.74. The van der Waals surface area contributed by atoms with Gasteiger partial charge in [0.05, 0.1) is 18.8 Å². The summed E-state index contributed by atoms with van der Waals surface area (Å²) < 4.78 is 11.8. The summed E-state index contributed by atoms with van der Waals surface area (Å²) in [4.78, 5) is 0. The van der Waals surface area contributed by atoms with Crippen LogP contribution >= 0.6 is 0 Å². The number of benzene rings is 1. The molecule has 2 rings (SSSR count). The molecule has 1 fully saturated rings. The first kappa shape index (κ1) is 16.5. The van der Waals surface area contributed by atoms with E-state index in [1.54, 1.807) is 0 Å². The van der Waals surface area contributed by atoms with Gasteiger partial charge in [0.25, 0.3) is 0 Å². The number of aryl methyl sites for hydroxylation is 1. The predicted octanol–water partition coefficient (Wildman–Crippen LogP) is 3.62. The molecule has 0 radical (unpaired) electrons. The zero-order valence-electron chi connectivity index (χ0n) is 13.8. The van der Waals surface area contributed by atoms with Crippen molar-refractivity contribution in [2.75, 3.05) is 19.8 Å². The van der Waals surface area contributed by atoms with Crippen molar-refractivity contribution >= 4 is 0 Å². The van der Waals surface area contributed by atoms with Crippen molar-refractivity contribution in [3.05, 3.63) is 35.4 Å². The highest BCUT2D eigenvalue weighted by molar-refractivity contribution is 5.24. The molecule has 3 nitrogen and oxygen atoms in total. The molecule has 118 valence electrons. The van der Waals surface area contributed by atoms with Gasteiger partial charge < -0.3 is 14.8 Å². The van der Waals surface area contributed by atoms with Crippen LogP contribution in [-0.4, -0.2) is 31.4 Å². The number of ether oxygens (including phenoxy) is 2. The molecule has 1 aromatic rings. The van der Waals surface area contributed by atoms with E-state index < -0.39 is 0 Å². The molecule has 0 saturated carbocycles. The van der Waals surface area contributed by atoms with E-state index in [1.807, 2.05) is 0 Å². The first-order valence-corrected chi connectivity index (χ1v) is 7.99. The molecule has 1 N–H and O–H groups in total. The fraction of sp³-hybridized carbons (Fsp3) is 0.667. The van der Waals surface area contributed by atoms with E-state index in [0.717, 1.165) is 26.0 Å². The maximum absolute atomic E-state index is 6.18. The van der Waals surface area contributed by atoms with E-state index in [0.29, 0.717) is 6.61 Å². The van der Waals surface area contributed by atoms with E-state index in [2.05, 4.69) is 57.3 Å². The van der Waals surface area contributed by atoms with Gasteiger partial charge in [0.2, 0.25) is 0 Å². The third-order valence-electron chi connectivity index (χ3n) is 3.74. The SMILES string of the molecule is Cc1cccc(C(CNC(C)(C)C)OCC2CCCO2)c1. The maximum Gasteiger partial charge on any atom is 0.0950 e. The summed E-state index contributed by atoms with van der Waals surface area (Å²) in [5, 5.41) is 3.55. The Balaban J connectivity index is 1.98. The number of rotatable bonds is 6. The summed E-state index contributed by atoms with van der Waals surface area (Å²) in [5.74, 6) is 0. The van der Waals surface area contributed by atoms with Crippen LogP contribution in [0.2, 0.25) is 0 Å². The highest BCUT2D eigenvalue weighted by Gasteiger charge is 2.21. The molecule has 1 aliphatic rings. The van der Waals surface area contributed by atoms with Gasteiger partial charge in [0.15, 0.2) is 0 Å². The molecule has 2 unspecified atom stereocenters. The van der Waals surface area contributed by atoms with Crippen LogP contribution in [0.4, 0.5) is 0 Å². The second-order valence-electron chi connectivity index (χ2n) is 7.00. The number of hydrogen-bond acceptors (Lipinski definition) is 3. The van der Waals surface area contributed by atoms with Crippen LogP contribution in [0.5, 0.6) is 0 Å². The lowest BCUT2D eigenvalue weighted by Gasteiger charge is -2.26. The van der Waals surface area contributed by atoms with E-state index in [1.165, 1.54) is 11.1 Å². The van der Waals surface area contributed by atoms with Gasteiger partial charge in [-0.15, -0.1) is 0 Å². The summed E-state index contributed by atoms with van der Waals surface area (Å²) in [5.41, 5.74) is 2.61. The van der Waals surface area contributed by atoms with Crippen molar-refractivity contribution in [3.63, 3.8) is 0 Å². The van der Waals surface area contributed by atoms with Gasteiger partial charge in [-0.2, -0.15) is 0 Å². The van der Waals surface area contributed by atoms with E-state index in [4.69, 9.17) is 9.47 Å². The Hall–Kier alpha value is -0.900. The summed E-state index contributed by atoms with van der Waals surface area (Å²) in [7, 11) is 0. The Kier molecular flexibility index (Phi) is 5.80. The normalized spacial score (nSPS) is 20.7. The van der Waals surface area contributed by atoms with Gasteiger partial charge in [-0.1, -0.05) is 29.8 Å². The van der Waals surface area contributed by atoms with Gasteiger partial charge in [0.1, 0.15) is 0 Å². The summed E-state index contributed by atoms with van der Waals surface area (Å²) in [6.45, 7) is 11.0. The fourth-order valence-electron chi connectivity index (χ4n) is 2.54. The third kappa shape index (κ3) is 5.77. The molecule has 21 heavy (non-hydrogen) atoms. The average Bonchev–Trinajstić information content (AvgIpc) is 2.90. The molecule has 1 aromatic carbocycles. The Morgan fingerprint density at radius 2 is 2.19 bits per heavy atom. The lowest BCUT2D eigenvalue weighted by atomic mass is 10.0. The van der Waals surface area contributed by atoms with Crippen molar-refractivity contribution < 1.29 is 9.47 Å². The first-order valence-electron chi connectivity index (χ1n) is 7.99. The van der Waals surface area contributed by atoms with Crippen LogP contribution in [0, 0.1) is 6.92 Å². The predicted molar refractivity (Wildman–Crippen MR) is 86.6 cm³/mol. The minimum Gasteiger partial charge on any atom is -0.376 e. The van der Waals surface area contributed by atoms with Crippen LogP contribution in [0.25, 0.3) is 0 Å². The fourth-order valence-corrected chi connectivity index (χ4v) is 2.54. The first-order chi connectivity index (χ1) is 9.94. The molecule has 0 spiro atoms. The van der Waals surface area contributed by atoms with Gasteiger partial charge in [-0.25, -0.2) is 0 Å². The Morgan fingerprint density at radius 3 is 2.81 bits per heavy atom. The van der Waals surface area contributed by atoms with Crippen LogP contribution in [0.3, 0.4) is 0 Å². The highest BCUT2D eigenvalue weighted by Crippen LogP contribution is 2.21. The molecule has 1 heterocycles. The molecule has 0 aliphatic carbocycles. The van der Waals surface area contributed by atoms with E-state index >= 15 is 0 Å². The second-order valence-corrected chi connectivity index (χ2v) is 7.00. The van der Waals surface area contributed by atoms with Gasteiger partial charge >= 0.3 is 0 Å². The van der Waals surface area contributed by atoms with Crippen LogP contribution in [-0.2, 0) is 9.47 Å². The molecule has 2 atom stereocenters. The van der Waals surface area contributed by atoms with Crippen molar-refractivity contribution in [3.8, 4) is 0 Å². The lowest BCUT2D eigenvalue weighted by molar-refractivity contribution is -0.0226. The molecule has 1 saturated heterocycles. The quantitative estimate of drug-likeness (QED) is 0.868. The number of hydrogen-bond donors (Lipinski definition) is 1. The minimum absolute atomic E-state index is 0.0772. The lowest BCUT2D eigenvalue weighted by Crippen LogP contribution is -2.39. The van der Waals surface area contributed by atoms with Crippen LogP contribution in [0.1, 0.15) is 50.8 Å². The average molecular weight is 291 g/mol. The maximum atomic E-state index is 6.18. The molecule has 0 bridgehead atoms. The second kappa shape index (κ2) is 7.39. The Labute approximate surface area is 129 Å². The summed E-state index contributed by atoms with van der Waals surface area (Å²) in [6, 6.07) is 8.59. The number of nitrogens with one attached hydrogen (secondary N) is 1. The van der Waals surface area contributed by atoms with Gasteiger partial charge in [-0.3, -0.25) is 0 Å². The molecule has 1 aliphatic heterocycles. The summed E-state index contributed by atoms with van der Waals surface area (Å²) in [6.07, 6.45) is 2.62. The Morgan fingerprint density at radius 1 is 1.38 bits per heavy atom. The highest BCUT2D eigenvalue weighted by atomic mass is 16.5. The molecule has 0 amide bonds. The monoisotopic (exact) mass is 291 g/mol. The zero-order chi connectivity index (χ0) is 15.3. The smallest absolute Gasteiger partial charge is 0.0950 e. The van der Waals surface area contributed by atoms with Gasteiger partial charge in [0, 0.05) is 18.7 Å². The summed E-state index contributed by atoms with van der Waals surface area (Å²) >= 11 is 0. The topological polar surface area (TPSA) is 30.5 Å². The molecular formula is C18H29NO2. The largest absolute Gasteiger partial charge is 0.376 e. The molecule has 3 heteroatoms. The van der Waals surface area contributed by atoms with E-state index in [-0.39, 0.29) is 17.7 Å². The zero-order valence-corrected chi connectivity index (χ0v) is 13.8. The van der Waals surface area contributed by atoms with Crippen molar-refractivity contribution in [2.45, 2.75) is 58.3 Å². The Bertz CT molecular complexity index is 433. The van der Waals surface area contributed by atoms with Crippen molar-refractivity contribution in [1.29, 1.82) is 0 Å². The van der Waals surface area contributed by atoms with Crippen LogP contribution < -0.4 is 5.32 Å². The molecule has 0 aromatic heterocycles. The molecular weight excluding hydrogens is 262 g/mol. The van der Waals surface area contributed by atoms with Crippen molar-refractivity contribution in [1.82, 2.24) is 5.32 Å². The van der Waals surface area contributed by atoms with Gasteiger partial charge in [-0.05, 0) is 46.1 Å².